The molecular weight excluding hydrogens is 350 g/mol. The van der Waals surface area contributed by atoms with Crippen LogP contribution in [0.2, 0.25) is 0 Å². The maximum Gasteiger partial charge on any atom is 0.323 e. The fraction of sp³-hybridized carbons (Fsp3) is 0.500. The molecule has 0 radical (unpaired) electrons. The molecule has 0 fully saturated rings. The number of carboxylic acid groups (broad SMARTS) is 1. The highest BCUT2D eigenvalue weighted by molar-refractivity contribution is 7.92. The van der Waals surface area contributed by atoms with E-state index in [1.165, 1.54) is 14.2 Å². The molecule has 0 spiro atoms. The summed E-state index contributed by atoms with van der Waals surface area (Å²) in [6.07, 6.45) is 0.391. The molecule has 0 saturated heterocycles. The van der Waals surface area contributed by atoms with Crippen LogP contribution in [0.3, 0.4) is 0 Å². The van der Waals surface area contributed by atoms with E-state index in [2.05, 4.69) is 0 Å². The van der Waals surface area contributed by atoms with Gasteiger partial charge in [0, 0.05) is 12.6 Å². The van der Waals surface area contributed by atoms with Gasteiger partial charge in [0.2, 0.25) is 5.91 Å². The molecule has 8 nitrogen and oxygen atoms in total. The molecule has 1 aromatic carbocycles. The van der Waals surface area contributed by atoms with Gasteiger partial charge in [-0.2, -0.15) is 0 Å². The Hall–Kier alpha value is -2.29. The van der Waals surface area contributed by atoms with Crippen molar-refractivity contribution < 1.29 is 32.6 Å². The molecule has 1 aromatic rings. The lowest BCUT2D eigenvalue weighted by atomic mass is 10.2. The molecule has 140 valence electrons. The molecule has 0 aliphatic carbocycles. The highest BCUT2D eigenvalue weighted by Crippen LogP contribution is 2.23. The Labute approximate surface area is 147 Å². The van der Waals surface area contributed by atoms with Crippen molar-refractivity contribution in [3.8, 4) is 11.5 Å². The largest absolute Gasteiger partial charge is 0.497 e. The smallest absolute Gasteiger partial charge is 0.323 e. The number of benzene rings is 1. The molecule has 1 amide bonds. The summed E-state index contributed by atoms with van der Waals surface area (Å²) in [4.78, 5) is 24.3. The summed E-state index contributed by atoms with van der Waals surface area (Å²) in [6, 6.07) is 4.90. The van der Waals surface area contributed by atoms with Gasteiger partial charge in [0.05, 0.1) is 20.0 Å². The predicted octanol–water partition coefficient (Wildman–Crippen LogP) is 0.942. The van der Waals surface area contributed by atoms with Crippen LogP contribution in [0.4, 0.5) is 0 Å². The maximum absolute atomic E-state index is 12.3. The van der Waals surface area contributed by atoms with E-state index < -0.39 is 34.0 Å². The average molecular weight is 373 g/mol. The monoisotopic (exact) mass is 373 g/mol. The van der Waals surface area contributed by atoms with Crippen molar-refractivity contribution in [2.75, 3.05) is 32.3 Å². The summed E-state index contributed by atoms with van der Waals surface area (Å²) in [6.45, 7) is 1.03. The molecule has 0 aliphatic rings. The van der Waals surface area contributed by atoms with E-state index >= 15 is 0 Å². The standard InChI is InChI=1S/C16H23NO7S/c1-4-5-25(21,22)11-15(18)17(10-16(19)20)9-12-6-13(23-2)8-14(7-12)24-3/h6-8H,4-5,9-11H2,1-3H3,(H,19,20). The quantitative estimate of drug-likeness (QED) is 0.650. The number of hydrogen-bond donors (Lipinski definition) is 1. The Bertz CT molecular complexity index is 693. The summed E-state index contributed by atoms with van der Waals surface area (Å²) < 4.78 is 34.0. The number of nitrogens with zero attached hydrogens (tertiary/aromatic N) is 1. The first-order valence-electron chi connectivity index (χ1n) is 7.62. The van der Waals surface area contributed by atoms with Crippen LogP contribution in [0.25, 0.3) is 0 Å². The first-order valence-corrected chi connectivity index (χ1v) is 9.44. The van der Waals surface area contributed by atoms with Crippen molar-refractivity contribution in [1.82, 2.24) is 4.90 Å². The minimum absolute atomic E-state index is 0.0691. The van der Waals surface area contributed by atoms with Gasteiger partial charge in [-0.05, 0) is 24.1 Å². The minimum Gasteiger partial charge on any atom is -0.497 e. The number of carboxylic acids is 1. The third-order valence-electron chi connectivity index (χ3n) is 3.32. The summed E-state index contributed by atoms with van der Waals surface area (Å²) >= 11 is 0. The normalized spacial score (nSPS) is 11.0. The lowest BCUT2D eigenvalue weighted by molar-refractivity contribution is -0.143. The Balaban J connectivity index is 3.03. The third-order valence-corrected chi connectivity index (χ3v) is 5.04. The minimum atomic E-state index is -3.56. The van der Waals surface area contributed by atoms with Crippen LogP contribution in [0, 0.1) is 0 Å². The molecule has 1 rings (SSSR count). The van der Waals surface area contributed by atoms with E-state index in [1.807, 2.05) is 0 Å². The topological polar surface area (TPSA) is 110 Å². The predicted molar refractivity (Wildman–Crippen MR) is 91.5 cm³/mol. The number of carbonyl (C=O) groups excluding carboxylic acids is 1. The molecule has 0 aliphatic heterocycles. The molecule has 0 heterocycles. The van der Waals surface area contributed by atoms with Gasteiger partial charge in [-0.3, -0.25) is 9.59 Å². The maximum atomic E-state index is 12.3. The number of sulfone groups is 1. The first kappa shape index (κ1) is 20.8. The third kappa shape index (κ3) is 7.00. The van der Waals surface area contributed by atoms with E-state index in [0.717, 1.165) is 4.90 Å². The molecule has 0 bridgehead atoms. The van der Waals surface area contributed by atoms with E-state index in [9.17, 15) is 18.0 Å². The lowest BCUT2D eigenvalue weighted by Crippen LogP contribution is -2.39. The SMILES string of the molecule is CCCS(=O)(=O)CC(=O)N(CC(=O)O)Cc1cc(OC)cc(OC)c1. The number of carbonyl (C=O) groups is 2. The average Bonchev–Trinajstić information content (AvgIpc) is 2.52. The number of methoxy groups -OCH3 is 2. The van der Waals surface area contributed by atoms with E-state index in [1.54, 1.807) is 25.1 Å². The Kier molecular flexibility index (Phi) is 7.69. The zero-order valence-corrected chi connectivity index (χ0v) is 15.3. The van der Waals surface area contributed by atoms with Gasteiger partial charge >= 0.3 is 5.97 Å². The zero-order chi connectivity index (χ0) is 19.0. The van der Waals surface area contributed by atoms with Crippen LogP contribution in [-0.4, -0.2) is 62.6 Å². The molecule has 25 heavy (non-hydrogen) atoms. The van der Waals surface area contributed by atoms with Gasteiger partial charge in [-0.1, -0.05) is 6.92 Å². The summed E-state index contributed by atoms with van der Waals surface area (Å²) in [7, 11) is -0.627. The van der Waals surface area contributed by atoms with Crippen molar-refractivity contribution in [3.05, 3.63) is 23.8 Å². The van der Waals surface area contributed by atoms with Crippen LogP contribution in [-0.2, 0) is 26.0 Å². The van der Waals surface area contributed by atoms with Crippen LogP contribution in [0.1, 0.15) is 18.9 Å². The van der Waals surface area contributed by atoms with E-state index in [4.69, 9.17) is 14.6 Å². The number of hydrogen-bond acceptors (Lipinski definition) is 6. The van der Waals surface area contributed by atoms with E-state index in [-0.39, 0.29) is 12.3 Å². The lowest BCUT2D eigenvalue weighted by Gasteiger charge is -2.21. The second-order valence-electron chi connectivity index (χ2n) is 5.46. The first-order chi connectivity index (χ1) is 11.7. The van der Waals surface area contributed by atoms with Crippen molar-refractivity contribution in [1.29, 1.82) is 0 Å². The zero-order valence-electron chi connectivity index (χ0n) is 14.5. The second-order valence-corrected chi connectivity index (χ2v) is 7.64. The highest BCUT2D eigenvalue weighted by Gasteiger charge is 2.23. The molecule has 0 unspecified atom stereocenters. The van der Waals surface area contributed by atoms with Gasteiger partial charge in [0.25, 0.3) is 0 Å². The van der Waals surface area contributed by atoms with Crippen LogP contribution < -0.4 is 9.47 Å². The van der Waals surface area contributed by atoms with Gasteiger partial charge < -0.3 is 19.5 Å². The van der Waals surface area contributed by atoms with Crippen LogP contribution in [0.15, 0.2) is 18.2 Å². The van der Waals surface area contributed by atoms with Gasteiger partial charge in [0.1, 0.15) is 23.8 Å². The fourth-order valence-corrected chi connectivity index (χ4v) is 3.56. The number of rotatable bonds is 10. The molecule has 0 atom stereocenters. The van der Waals surface area contributed by atoms with Crippen LogP contribution in [0.5, 0.6) is 11.5 Å². The number of amides is 1. The highest BCUT2D eigenvalue weighted by atomic mass is 32.2. The second kappa shape index (κ2) is 9.26. The Morgan fingerprint density at radius 2 is 1.68 bits per heavy atom. The summed E-state index contributed by atoms with van der Waals surface area (Å²) in [5.41, 5.74) is 0.568. The molecular formula is C16H23NO7S. The number of ether oxygens (including phenoxy) is 2. The number of aliphatic carboxylic acids is 1. The molecule has 0 saturated carbocycles. The van der Waals surface area contributed by atoms with Crippen molar-refractivity contribution >= 4 is 21.7 Å². The Morgan fingerprint density at radius 1 is 1.12 bits per heavy atom. The van der Waals surface area contributed by atoms with Crippen molar-refractivity contribution in [2.24, 2.45) is 0 Å². The summed E-state index contributed by atoms with van der Waals surface area (Å²) in [5, 5.41) is 9.02. The van der Waals surface area contributed by atoms with Crippen molar-refractivity contribution in [2.45, 2.75) is 19.9 Å². The molecule has 0 aromatic heterocycles. The Morgan fingerprint density at radius 3 is 2.12 bits per heavy atom. The summed E-state index contributed by atoms with van der Waals surface area (Å²) in [5.74, 6) is -1.85. The molecule has 1 N–H and O–H groups in total. The van der Waals surface area contributed by atoms with Crippen LogP contribution >= 0.6 is 0 Å². The fourth-order valence-electron chi connectivity index (χ4n) is 2.24. The van der Waals surface area contributed by atoms with Gasteiger partial charge in [-0.15, -0.1) is 0 Å². The van der Waals surface area contributed by atoms with Crippen molar-refractivity contribution in [3.63, 3.8) is 0 Å². The van der Waals surface area contributed by atoms with E-state index in [0.29, 0.717) is 23.5 Å². The van der Waals surface area contributed by atoms with Gasteiger partial charge in [-0.25, -0.2) is 8.42 Å². The van der Waals surface area contributed by atoms with Gasteiger partial charge in [0.15, 0.2) is 9.84 Å². The molecule has 9 heteroatoms.